The lowest BCUT2D eigenvalue weighted by molar-refractivity contribution is 0.0497. The number of hydrogen-bond donors (Lipinski definition) is 0. The average molecular weight is 355 g/mol. The standard InChI is InChI=1S/C18H27BrO2/c1-2-3-4-5-6-7-8-9-10-14-21-18(20)16-12-11-13-17(19)15-16/h11-13,15H,2-10,14H2,1H3. The predicted octanol–water partition coefficient (Wildman–Crippen LogP) is 6.14. The molecule has 1 aromatic rings. The number of carbonyl (C=O) groups is 1. The van der Waals surface area contributed by atoms with Crippen molar-refractivity contribution in [2.45, 2.75) is 64.7 Å². The normalized spacial score (nSPS) is 10.6. The molecule has 0 aliphatic heterocycles. The maximum atomic E-state index is 11.8. The zero-order valence-corrected chi connectivity index (χ0v) is 14.7. The molecule has 0 unspecified atom stereocenters. The Balaban J connectivity index is 1.98. The van der Waals surface area contributed by atoms with Gasteiger partial charge in [0.25, 0.3) is 0 Å². The molecular weight excluding hydrogens is 328 g/mol. The molecule has 0 fully saturated rings. The third-order valence-corrected chi connectivity index (χ3v) is 4.03. The molecule has 0 atom stereocenters. The van der Waals surface area contributed by atoms with Crippen LogP contribution in [0, 0.1) is 0 Å². The van der Waals surface area contributed by atoms with Crippen LogP contribution in [0.25, 0.3) is 0 Å². The average Bonchev–Trinajstić information content (AvgIpc) is 2.49. The van der Waals surface area contributed by atoms with Crippen molar-refractivity contribution in [3.8, 4) is 0 Å². The van der Waals surface area contributed by atoms with Crippen LogP contribution in [0.2, 0.25) is 0 Å². The lowest BCUT2D eigenvalue weighted by Crippen LogP contribution is -2.06. The van der Waals surface area contributed by atoms with Gasteiger partial charge in [-0.3, -0.25) is 0 Å². The van der Waals surface area contributed by atoms with Gasteiger partial charge >= 0.3 is 5.97 Å². The number of benzene rings is 1. The predicted molar refractivity (Wildman–Crippen MR) is 91.7 cm³/mol. The summed E-state index contributed by atoms with van der Waals surface area (Å²) in [5.74, 6) is -0.226. The molecule has 0 bridgehead atoms. The molecule has 0 heterocycles. The number of rotatable bonds is 11. The number of halogens is 1. The fourth-order valence-electron chi connectivity index (χ4n) is 2.28. The van der Waals surface area contributed by atoms with Crippen molar-refractivity contribution >= 4 is 21.9 Å². The Bertz CT molecular complexity index is 404. The lowest BCUT2D eigenvalue weighted by Gasteiger charge is -2.05. The molecule has 0 amide bonds. The Hall–Kier alpha value is -0.830. The van der Waals surface area contributed by atoms with Gasteiger partial charge in [-0.05, 0) is 24.6 Å². The summed E-state index contributed by atoms with van der Waals surface area (Å²) in [4.78, 5) is 11.8. The van der Waals surface area contributed by atoms with Gasteiger partial charge in [0.2, 0.25) is 0 Å². The molecule has 3 heteroatoms. The summed E-state index contributed by atoms with van der Waals surface area (Å²) in [5.41, 5.74) is 0.611. The van der Waals surface area contributed by atoms with Crippen LogP contribution in [0.5, 0.6) is 0 Å². The zero-order valence-electron chi connectivity index (χ0n) is 13.1. The lowest BCUT2D eigenvalue weighted by atomic mass is 10.1. The van der Waals surface area contributed by atoms with Crippen molar-refractivity contribution in [1.29, 1.82) is 0 Å². The maximum Gasteiger partial charge on any atom is 0.338 e. The van der Waals surface area contributed by atoms with Gasteiger partial charge in [0.1, 0.15) is 0 Å². The van der Waals surface area contributed by atoms with E-state index in [1.165, 1.54) is 44.9 Å². The monoisotopic (exact) mass is 354 g/mol. The van der Waals surface area contributed by atoms with Crippen LogP contribution < -0.4 is 0 Å². The second-order valence-corrected chi connectivity index (χ2v) is 6.39. The van der Waals surface area contributed by atoms with Crippen molar-refractivity contribution in [2.24, 2.45) is 0 Å². The van der Waals surface area contributed by atoms with E-state index in [2.05, 4.69) is 22.9 Å². The summed E-state index contributed by atoms with van der Waals surface area (Å²) < 4.78 is 6.19. The number of ether oxygens (including phenoxy) is 1. The molecule has 21 heavy (non-hydrogen) atoms. The Labute approximate surface area is 137 Å². The third kappa shape index (κ3) is 8.92. The molecular formula is C18H27BrO2. The van der Waals surface area contributed by atoms with Crippen molar-refractivity contribution < 1.29 is 9.53 Å². The SMILES string of the molecule is CCCCCCCCCCCOC(=O)c1cccc(Br)c1. The number of carbonyl (C=O) groups excluding carboxylic acids is 1. The maximum absolute atomic E-state index is 11.8. The molecule has 118 valence electrons. The first-order valence-corrected chi connectivity index (χ1v) is 8.96. The molecule has 2 nitrogen and oxygen atoms in total. The number of hydrogen-bond acceptors (Lipinski definition) is 2. The minimum atomic E-state index is -0.226. The van der Waals surface area contributed by atoms with Crippen LogP contribution in [-0.4, -0.2) is 12.6 Å². The first-order chi connectivity index (χ1) is 10.2. The molecule has 0 aliphatic carbocycles. The van der Waals surface area contributed by atoms with Crippen LogP contribution in [0.15, 0.2) is 28.7 Å². The van der Waals surface area contributed by atoms with Gasteiger partial charge in [0, 0.05) is 4.47 Å². The van der Waals surface area contributed by atoms with Crippen LogP contribution in [0.1, 0.15) is 75.1 Å². The van der Waals surface area contributed by atoms with Crippen LogP contribution in [-0.2, 0) is 4.74 Å². The van der Waals surface area contributed by atoms with Crippen LogP contribution in [0.4, 0.5) is 0 Å². The highest BCUT2D eigenvalue weighted by Gasteiger charge is 2.06. The fraction of sp³-hybridized carbons (Fsp3) is 0.611. The molecule has 1 aromatic carbocycles. The quantitative estimate of drug-likeness (QED) is 0.352. The molecule has 0 aromatic heterocycles. The van der Waals surface area contributed by atoms with E-state index in [-0.39, 0.29) is 5.97 Å². The molecule has 1 rings (SSSR count). The molecule has 0 radical (unpaired) electrons. The van der Waals surface area contributed by atoms with Crippen molar-refractivity contribution in [2.75, 3.05) is 6.61 Å². The minimum absolute atomic E-state index is 0.226. The second-order valence-electron chi connectivity index (χ2n) is 5.47. The van der Waals surface area contributed by atoms with Gasteiger partial charge in [0.05, 0.1) is 12.2 Å². The third-order valence-electron chi connectivity index (χ3n) is 3.54. The highest BCUT2D eigenvalue weighted by Crippen LogP contribution is 2.13. The summed E-state index contributed by atoms with van der Waals surface area (Å²) in [6.07, 6.45) is 11.4. The Kier molecular flexibility index (Phi) is 10.2. The van der Waals surface area contributed by atoms with Crippen LogP contribution in [0.3, 0.4) is 0 Å². The summed E-state index contributed by atoms with van der Waals surface area (Å²) in [6.45, 7) is 2.77. The molecule has 0 N–H and O–H groups in total. The number of esters is 1. The Morgan fingerprint density at radius 3 is 2.24 bits per heavy atom. The highest BCUT2D eigenvalue weighted by atomic mass is 79.9. The van der Waals surface area contributed by atoms with Gasteiger partial charge in [-0.15, -0.1) is 0 Å². The van der Waals surface area contributed by atoms with E-state index in [0.29, 0.717) is 12.2 Å². The van der Waals surface area contributed by atoms with Crippen molar-refractivity contribution in [1.82, 2.24) is 0 Å². The highest BCUT2D eigenvalue weighted by molar-refractivity contribution is 9.10. The topological polar surface area (TPSA) is 26.3 Å². The smallest absolute Gasteiger partial charge is 0.338 e. The summed E-state index contributed by atoms with van der Waals surface area (Å²) in [5, 5.41) is 0. The van der Waals surface area contributed by atoms with E-state index in [9.17, 15) is 4.79 Å². The van der Waals surface area contributed by atoms with E-state index < -0.39 is 0 Å². The first kappa shape index (κ1) is 18.2. The molecule has 0 saturated heterocycles. The van der Waals surface area contributed by atoms with E-state index in [1.54, 1.807) is 12.1 Å². The first-order valence-electron chi connectivity index (χ1n) is 8.16. The van der Waals surface area contributed by atoms with Crippen molar-refractivity contribution in [3.05, 3.63) is 34.3 Å². The second kappa shape index (κ2) is 11.8. The van der Waals surface area contributed by atoms with Gasteiger partial charge in [-0.1, -0.05) is 80.3 Å². The van der Waals surface area contributed by atoms with Gasteiger partial charge < -0.3 is 4.74 Å². The molecule has 0 spiro atoms. The van der Waals surface area contributed by atoms with Gasteiger partial charge in [-0.25, -0.2) is 4.79 Å². The largest absolute Gasteiger partial charge is 0.462 e. The van der Waals surface area contributed by atoms with Crippen LogP contribution >= 0.6 is 15.9 Å². The van der Waals surface area contributed by atoms with E-state index >= 15 is 0 Å². The fourth-order valence-corrected chi connectivity index (χ4v) is 2.68. The van der Waals surface area contributed by atoms with E-state index in [4.69, 9.17) is 4.74 Å². The van der Waals surface area contributed by atoms with E-state index in [1.807, 2.05) is 12.1 Å². The minimum Gasteiger partial charge on any atom is -0.462 e. The Morgan fingerprint density at radius 2 is 1.62 bits per heavy atom. The summed E-state index contributed by atoms with van der Waals surface area (Å²) in [6, 6.07) is 7.32. The summed E-state index contributed by atoms with van der Waals surface area (Å²) in [7, 11) is 0. The summed E-state index contributed by atoms with van der Waals surface area (Å²) >= 11 is 3.36. The van der Waals surface area contributed by atoms with Crippen molar-refractivity contribution in [3.63, 3.8) is 0 Å². The zero-order chi connectivity index (χ0) is 15.3. The molecule has 0 aliphatic rings. The van der Waals surface area contributed by atoms with Gasteiger partial charge in [-0.2, -0.15) is 0 Å². The Morgan fingerprint density at radius 1 is 1.00 bits per heavy atom. The van der Waals surface area contributed by atoms with Gasteiger partial charge in [0.15, 0.2) is 0 Å². The van der Waals surface area contributed by atoms with E-state index in [0.717, 1.165) is 17.3 Å². The molecule has 0 saturated carbocycles. The number of unbranched alkanes of at least 4 members (excludes halogenated alkanes) is 8.